The second-order valence-electron chi connectivity index (χ2n) is 2.69. The van der Waals surface area contributed by atoms with Gasteiger partial charge in [0.25, 0.3) is 0 Å². The summed E-state index contributed by atoms with van der Waals surface area (Å²) in [5.74, 6) is -0.943. The van der Waals surface area contributed by atoms with Crippen molar-refractivity contribution in [2.45, 2.75) is 6.42 Å². The van der Waals surface area contributed by atoms with Crippen LogP contribution in [0.5, 0.6) is 11.5 Å². The predicted octanol–water partition coefficient (Wildman–Crippen LogP) is 1.69. The molecule has 0 bridgehead atoms. The van der Waals surface area contributed by atoms with Crippen molar-refractivity contribution in [1.29, 1.82) is 0 Å². The van der Waals surface area contributed by atoms with Crippen molar-refractivity contribution in [2.24, 2.45) is 0 Å². The Morgan fingerprint density at radius 2 is 2.21 bits per heavy atom. The number of aromatic hydroxyl groups is 1. The molecule has 1 rings (SSSR count). The average Bonchev–Trinajstić information content (AvgIpc) is 2.16. The van der Waals surface area contributed by atoms with Crippen LogP contribution in [0.1, 0.15) is 16.8 Å². The number of phenols is 1. The highest BCUT2D eigenvalue weighted by Gasteiger charge is 2.08. The summed E-state index contributed by atoms with van der Waals surface area (Å²) in [5.41, 5.74) is 0.0851. The molecule has 75 valence electrons. The monoisotopic (exact) mass is 195 g/mol. The maximum Gasteiger partial charge on any atom is 0.335 e. The van der Waals surface area contributed by atoms with Gasteiger partial charge in [-0.2, -0.15) is 0 Å². The fourth-order valence-electron chi connectivity index (χ4n) is 0.945. The van der Waals surface area contributed by atoms with E-state index in [9.17, 15) is 9.90 Å². The first-order valence-electron chi connectivity index (χ1n) is 4.13. The molecule has 0 aromatic heterocycles. The minimum atomic E-state index is -1.05. The number of carboxylic acids is 1. The van der Waals surface area contributed by atoms with Crippen LogP contribution in [0.25, 0.3) is 0 Å². The van der Waals surface area contributed by atoms with Gasteiger partial charge in [-0.15, -0.1) is 0 Å². The molecule has 1 aromatic rings. The van der Waals surface area contributed by atoms with Crippen LogP contribution >= 0.6 is 0 Å². The summed E-state index contributed by atoms with van der Waals surface area (Å²) >= 11 is 0. The van der Waals surface area contributed by atoms with Gasteiger partial charge in [0, 0.05) is 0 Å². The van der Waals surface area contributed by atoms with E-state index >= 15 is 0 Å². The Hall–Kier alpha value is -1.71. The van der Waals surface area contributed by atoms with Crippen LogP contribution < -0.4 is 4.74 Å². The minimum absolute atomic E-state index is 0.0662. The average molecular weight is 195 g/mol. The second kappa shape index (κ2) is 4.50. The smallest absolute Gasteiger partial charge is 0.335 e. The lowest BCUT2D eigenvalue weighted by atomic mass is 10.2. The third-order valence-corrected chi connectivity index (χ3v) is 1.61. The SMILES string of the molecule is [CH2]CCOc1cc(C(=O)O)ccc1O. The van der Waals surface area contributed by atoms with E-state index in [0.29, 0.717) is 13.0 Å². The van der Waals surface area contributed by atoms with Gasteiger partial charge in [0.2, 0.25) is 0 Å². The van der Waals surface area contributed by atoms with E-state index in [1.807, 2.05) is 0 Å². The largest absolute Gasteiger partial charge is 0.504 e. The van der Waals surface area contributed by atoms with Gasteiger partial charge < -0.3 is 14.9 Å². The Morgan fingerprint density at radius 3 is 2.79 bits per heavy atom. The lowest BCUT2D eigenvalue weighted by Crippen LogP contribution is -1.99. The summed E-state index contributed by atoms with van der Waals surface area (Å²) in [4.78, 5) is 10.6. The predicted molar refractivity (Wildman–Crippen MR) is 50.5 cm³/mol. The van der Waals surface area contributed by atoms with Crippen LogP contribution in [-0.2, 0) is 0 Å². The van der Waals surface area contributed by atoms with Crippen LogP contribution in [0.15, 0.2) is 18.2 Å². The van der Waals surface area contributed by atoms with Crippen molar-refractivity contribution >= 4 is 5.97 Å². The van der Waals surface area contributed by atoms with Gasteiger partial charge in [0.05, 0.1) is 12.2 Å². The summed E-state index contributed by atoms with van der Waals surface area (Å²) < 4.78 is 5.10. The van der Waals surface area contributed by atoms with Gasteiger partial charge in [0.1, 0.15) is 0 Å². The quantitative estimate of drug-likeness (QED) is 0.767. The fourth-order valence-corrected chi connectivity index (χ4v) is 0.945. The molecule has 0 aliphatic rings. The molecule has 0 spiro atoms. The maximum atomic E-state index is 10.6. The number of benzene rings is 1. The summed E-state index contributed by atoms with van der Waals surface area (Å²) in [7, 11) is 0. The first-order chi connectivity index (χ1) is 6.65. The molecule has 0 unspecified atom stereocenters. The lowest BCUT2D eigenvalue weighted by Gasteiger charge is -2.07. The topological polar surface area (TPSA) is 66.8 Å². The Morgan fingerprint density at radius 1 is 1.50 bits per heavy atom. The highest BCUT2D eigenvalue weighted by Crippen LogP contribution is 2.26. The van der Waals surface area contributed by atoms with E-state index < -0.39 is 5.97 Å². The first-order valence-corrected chi connectivity index (χ1v) is 4.13. The van der Waals surface area contributed by atoms with Crippen molar-refractivity contribution in [2.75, 3.05) is 6.61 Å². The molecule has 0 heterocycles. The van der Waals surface area contributed by atoms with Gasteiger partial charge in [-0.25, -0.2) is 4.79 Å². The van der Waals surface area contributed by atoms with E-state index in [1.54, 1.807) is 0 Å². The Balaban J connectivity index is 2.90. The highest BCUT2D eigenvalue weighted by atomic mass is 16.5. The van der Waals surface area contributed by atoms with Crippen molar-refractivity contribution in [3.8, 4) is 11.5 Å². The second-order valence-corrected chi connectivity index (χ2v) is 2.69. The molecular weight excluding hydrogens is 184 g/mol. The third kappa shape index (κ3) is 2.39. The van der Waals surface area contributed by atoms with Crippen LogP contribution in [-0.4, -0.2) is 22.8 Å². The summed E-state index contributed by atoms with van der Waals surface area (Å²) in [5, 5.41) is 18.0. The molecule has 0 atom stereocenters. The van der Waals surface area contributed by atoms with Crippen molar-refractivity contribution < 1.29 is 19.7 Å². The minimum Gasteiger partial charge on any atom is -0.504 e. The molecule has 14 heavy (non-hydrogen) atoms. The number of carboxylic acid groups (broad SMARTS) is 1. The molecule has 0 fully saturated rings. The number of hydrogen-bond donors (Lipinski definition) is 2. The first kappa shape index (κ1) is 10.4. The third-order valence-electron chi connectivity index (χ3n) is 1.61. The molecule has 4 nitrogen and oxygen atoms in total. The molecule has 1 radical (unpaired) electrons. The van der Waals surface area contributed by atoms with Crippen molar-refractivity contribution in [3.63, 3.8) is 0 Å². The van der Waals surface area contributed by atoms with Gasteiger partial charge in [-0.05, 0) is 31.5 Å². The number of phenolic OH excluding ortho intramolecular Hbond substituents is 1. The Kier molecular flexibility index (Phi) is 3.34. The number of rotatable bonds is 4. The van der Waals surface area contributed by atoms with Crippen molar-refractivity contribution in [1.82, 2.24) is 0 Å². The maximum absolute atomic E-state index is 10.6. The fraction of sp³-hybridized carbons (Fsp3) is 0.200. The van der Waals surface area contributed by atoms with Crippen LogP contribution in [0.3, 0.4) is 0 Å². The molecule has 1 aromatic carbocycles. The molecule has 0 amide bonds. The molecule has 4 heteroatoms. The molecular formula is C10H11O4. The zero-order valence-electron chi connectivity index (χ0n) is 7.56. The molecule has 0 saturated carbocycles. The summed E-state index contributed by atoms with van der Waals surface area (Å²) in [6.07, 6.45) is 0.552. The molecule has 0 saturated heterocycles. The summed E-state index contributed by atoms with van der Waals surface area (Å²) in [6, 6.07) is 3.89. The van der Waals surface area contributed by atoms with Gasteiger partial charge in [-0.3, -0.25) is 0 Å². The van der Waals surface area contributed by atoms with Gasteiger partial charge in [0.15, 0.2) is 11.5 Å². The standard InChI is InChI=1S/C10H11O4/c1-2-5-14-9-6-7(10(12)13)3-4-8(9)11/h3-4,6,11H,1-2,5H2,(H,12,13). The van der Waals surface area contributed by atoms with Crippen LogP contribution in [0, 0.1) is 6.92 Å². The summed E-state index contributed by atoms with van der Waals surface area (Å²) in [6.45, 7) is 3.91. The van der Waals surface area contributed by atoms with E-state index in [2.05, 4.69) is 6.92 Å². The van der Waals surface area contributed by atoms with E-state index in [-0.39, 0.29) is 17.1 Å². The number of ether oxygens (including phenoxy) is 1. The van der Waals surface area contributed by atoms with E-state index in [0.717, 1.165) is 0 Å². The van der Waals surface area contributed by atoms with Crippen LogP contribution in [0.2, 0.25) is 0 Å². The number of hydrogen-bond acceptors (Lipinski definition) is 3. The highest BCUT2D eigenvalue weighted by molar-refractivity contribution is 5.88. The Bertz CT molecular complexity index is 333. The number of carbonyl (C=O) groups is 1. The van der Waals surface area contributed by atoms with Gasteiger partial charge in [-0.1, -0.05) is 0 Å². The molecule has 0 aliphatic carbocycles. The lowest BCUT2D eigenvalue weighted by molar-refractivity contribution is 0.0696. The zero-order chi connectivity index (χ0) is 10.6. The normalized spacial score (nSPS) is 9.79. The molecule has 2 N–H and O–H groups in total. The Labute approximate surface area is 81.8 Å². The molecule has 0 aliphatic heterocycles. The number of aromatic carboxylic acids is 1. The van der Waals surface area contributed by atoms with E-state index in [4.69, 9.17) is 9.84 Å². The van der Waals surface area contributed by atoms with E-state index in [1.165, 1.54) is 18.2 Å². The zero-order valence-corrected chi connectivity index (χ0v) is 7.56. The van der Waals surface area contributed by atoms with Gasteiger partial charge >= 0.3 is 5.97 Å². The van der Waals surface area contributed by atoms with Crippen molar-refractivity contribution in [3.05, 3.63) is 30.7 Å². The van der Waals surface area contributed by atoms with Crippen LogP contribution in [0.4, 0.5) is 0 Å².